The van der Waals surface area contributed by atoms with Gasteiger partial charge in [0.1, 0.15) is 11.3 Å². The van der Waals surface area contributed by atoms with Gasteiger partial charge in [-0.05, 0) is 43.1 Å². The highest BCUT2D eigenvalue weighted by Crippen LogP contribution is 2.37. The number of anilines is 1. The van der Waals surface area contributed by atoms with Crippen molar-refractivity contribution in [1.29, 1.82) is 0 Å². The van der Waals surface area contributed by atoms with E-state index in [1.165, 1.54) is 0 Å². The summed E-state index contributed by atoms with van der Waals surface area (Å²) in [5, 5.41) is 2.02. The molecule has 2 amide bonds. The molecule has 1 aliphatic rings. The van der Waals surface area contributed by atoms with E-state index >= 15 is 0 Å². The van der Waals surface area contributed by atoms with Crippen LogP contribution in [0.15, 0.2) is 60.7 Å². The minimum atomic E-state index is -2.91. The first-order chi connectivity index (χ1) is 21.3. The Morgan fingerprint density at radius 3 is 1.96 bits per heavy atom. The number of carbonyl (C=O) groups is 2. The van der Waals surface area contributed by atoms with E-state index in [4.69, 9.17) is 14.1 Å². The van der Waals surface area contributed by atoms with Crippen molar-refractivity contribution in [3.63, 3.8) is 0 Å². The molecule has 1 aromatic heterocycles. The summed E-state index contributed by atoms with van der Waals surface area (Å²) in [6.07, 6.45) is -0.336. The van der Waals surface area contributed by atoms with Crippen molar-refractivity contribution in [2.45, 2.75) is 72.3 Å². The van der Waals surface area contributed by atoms with Crippen LogP contribution in [0, 0.1) is 11.8 Å². The van der Waals surface area contributed by atoms with Crippen molar-refractivity contribution in [3.8, 4) is 11.8 Å². The van der Waals surface area contributed by atoms with Crippen LogP contribution < -0.4 is 20.0 Å². The van der Waals surface area contributed by atoms with Crippen LogP contribution in [0.5, 0.6) is 0 Å². The van der Waals surface area contributed by atoms with Gasteiger partial charge in [-0.3, -0.25) is 14.1 Å². The molecule has 3 aromatic rings. The fourth-order valence-corrected chi connectivity index (χ4v) is 10.4. The van der Waals surface area contributed by atoms with Crippen LogP contribution in [0.25, 0.3) is 0 Å². The molecule has 1 saturated heterocycles. The van der Waals surface area contributed by atoms with Crippen LogP contribution in [-0.4, -0.2) is 66.5 Å². The molecule has 45 heavy (non-hydrogen) atoms. The second-order valence-corrected chi connectivity index (χ2v) is 17.6. The lowest BCUT2D eigenvalue weighted by Crippen LogP contribution is -2.66. The minimum absolute atomic E-state index is 0.112. The third-order valence-electron chi connectivity index (χ3n) is 7.81. The van der Waals surface area contributed by atoms with Crippen molar-refractivity contribution in [3.05, 3.63) is 72.1 Å². The van der Waals surface area contributed by atoms with Gasteiger partial charge in [0.05, 0.1) is 18.8 Å². The molecule has 1 N–H and O–H groups in total. The lowest BCUT2D eigenvalue weighted by Gasteiger charge is -2.43. The number of nitrogens with one attached hydrogen (secondary N) is 1. The Hall–Kier alpha value is -3.72. The highest BCUT2D eigenvalue weighted by molar-refractivity contribution is 7.78. The van der Waals surface area contributed by atoms with Gasteiger partial charge in [-0.2, -0.15) is 0 Å². The minimum Gasteiger partial charge on any atom is -0.444 e. The second-order valence-electron chi connectivity index (χ2n) is 13.1. The zero-order valence-corrected chi connectivity index (χ0v) is 29.3. The van der Waals surface area contributed by atoms with E-state index in [9.17, 15) is 9.59 Å². The van der Waals surface area contributed by atoms with Crippen molar-refractivity contribution < 1.29 is 18.8 Å². The van der Waals surface area contributed by atoms with E-state index < -0.39 is 13.9 Å². The normalized spacial score (nSPS) is 14.0. The Morgan fingerprint density at radius 2 is 1.49 bits per heavy atom. The number of thiol groups is 1. The van der Waals surface area contributed by atoms with Crippen LogP contribution in [0.1, 0.15) is 64.6 Å². The molecule has 1 fully saturated rings. The first-order valence-electron chi connectivity index (χ1n) is 15.2. The van der Waals surface area contributed by atoms with E-state index in [2.05, 4.69) is 79.3 Å². The molecule has 0 saturated carbocycles. The molecular formula is C34H45N5O4SSi. The summed E-state index contributed by atoms with van der Waals surface area (Å²) < 4.78 is 17.1. The Balaban J connectivity index is 1.75. The second kappa shape index (κ2) is 14.1. The summed E-state index contributed by atoms with van der Waals surface area (Å²) in [7, 11) is -2.91. The fraction of sp³-hybridized carbons (Fsp3) is 0.441. The van der Waals surface area contributed by atoms with Gasteiger partial charge < -0.3 is 19.0 Å². The molecule has 2 heterocycles. The monoisotopic (exact) mass is 647 g/mol. The number of piperazine rings is 1. The molecule has 9 nitrogen and oxygen atoms in total. The predicted octanol–water partition coefficient (Wildman–Crippen LogP) is 4.61. The van der Waals surface area contributed by atoms with Gasteiger partial charge in [0.15, 0.2) is 0 Å². The van der Waals surface area contributed by atoms with Gasteiger partial charge in [0, 0.05) is 26.2 Å². The molecule has 240 valence electrons. The number of imidazole rings is 1. The summed E-state index contributed by atoms with van der Waals surface area (Å²) in [4.78, 5) is 35.0. The number of rotatable bonds is 8. The Kier molecular flexibility index (Phi) is 10.7. The molecule has 11 heteroatoms. The summed E-state index contributed by atoms with van der Waals surface area (Å²) in [6.45, 7) is 16.3. The van der Waals surface area contributed by atoms with E-state index in [1.807, 2.05) is 61.7 Å². The summed E-state index contributed by atoms with van der Waals surface area (Å²) >= 11 is 4.12. The van der Waals surface area contributed by atoms with Crippen molar-refractivity contribution in [2.24, 2.45) is 0 Å². The standard InChI is InChI=1S/C34H45N5O4SSi/c1-8-9-20-39-29(30(40)36-44)28(35-31(39)37-21-23-38(24-22-37)32(41)43-33(2,3)4)25-42-45(34(5,6)7,26-16-12-10-13-17-26)27-18-14-11-15-19-27/h10-19,44H,20-25H2,1-7H3,(H,36,40). The lowest BCUT2D eigenvalue weighted by molar-refractivity contribution is 0.0240. The molecular weight excluding hydrogens is 603 g/mol. The SMILES string of the molecule is CC#CCn1c(N2CCN(C(=O)OC(C)(C)C)CC2)nc(CO[Si](c2ccccc2)(c2ccccc2)C(C)(C)C)c1C(=O)NS. The molecule has 4 rings (SSSR count). The van der Waals surface area contributed by atoms with Crippen molar-refractivity contribution in [2.75, 3.05) is 31.1 Å². The summed E-state index contributed by atoms with van der Waals surface area (Å²) in [5.74, 6) is 6.26. The highest BCUT2D eigenvalue weighted by Gasteiger charge is 2.50. The van der Waals surface area contributed by atoms with Crippen LogP contribution in [0.3, 0.4) is 0 Å². The third kappa shape index (κ3) is 7.57. The van der Waals surface area contributed by atoms with Crippen LogP contribution in [0.2, 0.25) is 5.04 Å². The van der Waals surface area contributed by atoms with Crippen LogP contribution in [0.4, 0.5) is 10.7 Å². The maximum atomic E-state index is 13.4. The Bertz CT molecular complexity index is 1490. The smallest absolute Gasteiger partial charge is 0.410 e. The molecule has 0 bridgehead atoms. The molecule has 0 atom stereocenters. The summed E-state index contributed by atoms with van der Waals surface area (Å²) in [5.41, 5.74) is 0.297. The average molecular weight is 648 g/mol. The number of aromatic nitrogens is 2. The maximum Gasteiger partial charge on any atom is 0.410 e. The molecule has 1 aliphatic heterocycles. The number of hydrogen-bond donors (Lipinski definition) is 2. The molecule has 0 unspecified atom stereocenters. The van der Waals surface area contributed by atoms with Crippen molar-refractivity contribution in [1.82, 2.24) is 19.2 Å². The first-order valence-corrected chi connectivity index (χ1v) is 17.6. The van der Waals surface area contributed by atoms with E-state index in [1.54, 1.807) is 11.8 Å². The quantitative estimate of drug-likeness (QED) is 0.211. The largest absolute Gasteiger partial charge is 0.444 e. The van der Waals surface area contributed by atoms with Gasteiger partial charge in [-0.15, -0.1) is 5.92 Å². The molecule has 2 aromatic carbocycles. The lowest BCUT2D eigenvalue weighted by atomic mass is 10.2. The van der Waals surface area contributed by atoms with Gasteiger partial charge in [-0.1, -0.05) is 100 Å². The van der Waals surface area contributed by atoms with Gasteiger partial charge in [0.2, 0.25) is 5.95 Å². The number of amides is 2. The van der Waals surface area contributed by atoms with Crippen molar-refractivity contribution >= 4 is 49.5 Å². The van der Waals surface area contributed by atoms with Gasteiger partial charge in [0.25, 0.3) is 14.2 Å². The number of carbonyl (C=O) groups excluding carboxylic acids is 2. The van der Waals surface area contributed by atoms with Crippen LogP contribution >= 0.6 is 12.8 Å². The van der Waals surface area contributed by atoms with Gasteiger partial charge in [-0.25, -0.2) is 9.78 Å². The third-order valence-corrected chi connectivity index (χ3v) is 13.0. The molecule has 0 radical (unpaired) electrons. The molecule has 0 spiro atoms. The van der Waals surface area contributed by atoms with E-state index in [0.29, 0.717) is 43.5 Å². The average Bonchev–Trinajstić information content (AvgIpc) is 3.37. The van der Waals surface area contributed by atoms with E-state index in [0.717, 1.165) is 10.4 Å². The zero-order chi connectivity index (χ0) is 32.8. The zero-order valence-electron chi connectivity index (χ0n) is 27.4. The van der Waals surface area contributed by atoms with Crippen LogP contribution in [-0.2, 0) is 22.3 Å². The summed E-state index contributed by atoms with van der Waals surface area (Å²) in [6, 6.07) is 20.7. The number of ether oxygens (including phenoxy) is 1. The van der Waals surface area contributed by atoms with Gasteiger partial charge >= 0.3 is 6.09 Å². The Morgan fingerprint density at radius 1 is 0.933 bits per heavy atom. The molecule has 0 aliphatic carbocycles. The topological polar surface area (TPSA) is 88.9 Å². The maximum absolute atomic E-state index is 13.4. The van der Waals surface area contributed by atoms with E-state index in [-0.39, 0.29) is 30.2 Å². The number of nitrogens with zero attached hydrogens (tertiary/aromatic N) is 4. The Labute approximate surface area is 274 Å². The highest BCUT2D eigenvalue weighted by atomic mass is 32.1. The fourth-order valence-electron chi connectivity index (χ4n) is 5.80. The number of benzene rings is 2. The number of hydrogen-bond acceptors (Lipinski definition) is 7. The predicted molar refractivity (Wildman–Crippen MR) is 185 cm³/mol. The first kappa shape index (κ1) is 34.2.